The topological polar surface area (TPSA) is 74.7 Å². The Kier molecular flexibility index (Phi) is 3.66. The molecule has 0 saturated heterocycles. The fourth-order valence-corrected chi connectivity index (χ4v) is 1.66. The highest BCUT2D eigenvalue weighted by atomic mass is 16.2. The zero-order valence-electron chi connectivity index (χ0n) is 10.1. The second kappa shape index (κ2) is 5.39. The fraction of sp³-hybridized carbons (Fsp3) is 0.333. The number of hydrazone groups is 1. The van der Waals surface area contributed by atoms with Crippen LogP contribution >= 0.6 is 0 Å². The van der Waals surface area contributed by atoms with E-state index < -0.39 is 0 Å². The van der Waals surface area contributed by atoms with Crippen LogP contribution in [0.4, 0.5) is 0 Å². The van der Waals surface area contributed by atoms with Crippen LogP contribution in [0, 0.1) is 0 Å². The molecule has 0 spiro atoms. The molecule has 2 amide bonds. The van der Waals surface area contributed by atoms with Crippen LogP contribution in [0.3, 0.4) is 0 Å². The molecule has 1 aromatic heterocycles. The summed E-state index contributed by atoms with van der Waals surface area (Å²) in [5, 5.41) is 3.78. The minimum atomic E-state index is -0.180. The predicted octanol–water partition coefficient (Wildman–Crippen LogP) is 0.306. The Morgan fingerprint density at radius 2 is 2.28 bits per heavy atom. The zero-order chi connectivity index (χ0) is 13.0. The zero-order valence-corrected chi connectivity index (χ0v) is 10.1. The molecule has 18 heavy (non-hydrogen) atoms. The van der Waals surface area contributed by atoms with Crippen LogP contribution in [0.5, 0.6) is 0 Å². The quantitative estimate of drug-likeness (QED) is 0.833. The lowest BCUT2D eigenvalue weighted by atomic mass is 10.1. The summed E-state index contributed by atoms with van der Waals surface area (Å²) in [6.07, 6.45) is 2.38. The van der Waals surface area contributed by atoms with Gasteiger partial charge in [0.2, 0.25) is 5.91 Å². The second-order valence-corrected chi connectivity index (χ2v) is 4.08. The first-order valence-corrected chi connectivity index (χ1v) is 5.67. The molecule has 0 saturated carbocycles. The summed E-state index contributed by atoms with van der Waals surface area (Å²) < 4.78 is 0. The summed E-state index contributed by atoms with van der Waals surface area (Å²) in [6, 6.07) is 5.55. The smallest absolute Gasteiger partial charge is 0.270 e. The molecule has 0 unspecified atom stereocenters. The number of nitrogens with zero attached hydrogens (tertiary/aromatic N) is 3. The lowest BCUT2D eigenvalue weighted by Crippen LogP contribution is -2.37. The summed E-state index contributed by atoms with van der Waals surface area (Å²) in [6.45, 7) is 0.423. The summed E-state index contributed by atoms with van der Waals surface area (Å²) in [7, 11) is 1.69. The molecule has 1 aliphatic rings. The van der Waals surface area contributed by atoms with Gasteiger partial charge in [-0.05, 0) is 12.1 Å². The second-order valence-electron chi connectivity index (χ2n) is 4.08. The largest absolute Gasteiger partial charge is 0.335 e. The van der Waals surface area contributed by atoms with Gasteiger partial charge in [-0.25, -0.2) is 5.43 Å². The summed E-state index contributed by atoms with van der Waals surface area (Å²) in [5.74, 6) is -0.334. The molecule has 6 heteroatoms. The molecule has 6 nitrogen and oxygen atoms in total. The third-order valence-electron chi connectivity index (χ3n) is 2.62. The first-order valence-electron chi connectivity index (χ1n) is 5.67. The average molecular weight is 246 g/mol. The van der Waals surface area contributed by atoms with Gasteiger partial charge in [-0.1, -0.05) is 6.07 Å². The highest BCUT2D eigenvalue weighted by Gasteiger charge is 2.21. The Morgan fingerprint density at radius 1 is 1.44 bits per heavy atom. The molecular formula is C12H14N4O2. The van der Waals surface area contributed by atoms with Crippen LogP contribution in [0.1, 0.15) is 18.5 Å². The number of carbonyl (C=O) groups excluding carboxylic acids is 2. The van der Waals surface area contributed by atoms with Crippen LogP contribution < -0.4 is 5.43 Å². The van der Waals surface area contributed by atoms with Gasteiger partial charge in [0.1, 0.15) is 5.71 Å². The van der Waals surface area contributed by atoms with Crippen LogP contribution in [-0.4, -0.2) is 34.5 Å². The first kappa shape index (κ1) is 12.2. The Labute approximate surface area is 105 Å². The predicted molar refractivity (Wildman–Crippen MR) is 65.5 cm³/mol. The number of nitrogens with one attached hydrogen (secondary N) is 1. The van der Waals surface area contributed by atoms with Crippen LogP contribution in [-0.2, 0) is 16.1 Å². The normalized spacial score (nSPS) is 14.7. The van der Waals surface area contributed by atoms with Crippen LogP contribution in [0.2, 0.25) is 0 Å². The maximum absolute atomic E-state index is 12.0. The number of aromatic nitrogens is 1. The summed E-state index contributed by atoms with van der Waals surface area (Å²) in [5.41, 5.74) is 3.51. The van der Waals surface area contributed by atoms with Crippen LogP contribution in [0.15, 0.2) is 29.5 Å². The summed E-state index contributed by atoms with van der Waals surface area (Å²) >= 11 is 0. The molecule has 2 heterocycles. The molecule has 0 aliphatic carbocycles. The SMILES string of the molecule is CN(Cc1ccccn1)C(=O)C1=NNC(=O)CC1. The molecular weight excluding hydrogens is 232 g/mol. The van der Waals surface area contributed by atoms with Gasteiger partial charge in [0, 0.05) is 26.1 Å². The van der Waals surface area contributed by atoms with E-state index in [-0.39, 0.29) is 11.8 Å². The molecule has 2 rings (SSSR count). The molecule has 1 aliphatic heterocycles. The Bertz CT molecular complexity index is 484. The van der Waals surface area contributed by atoms with E-state index in [1.54, 1.807) is 18.1 Å². The number of rotatable bonds is 3. The van der Waals surface area contributed by atoms with Gasteiger partial charge in [-0.3, -0.25) is 14.6 Å². The average Bonchev–Trinajstić information content (AvgIpc) is 2.40. The monoisotopic (exact) mass is 246 g/mol. The molecule has 0 aromatic carbocycles. The van der Waals surface area contributed by atoms with Gasteiger partial charge in [-0.2, -0.15) is 5.10 Å². The Balaban J connectivity index is 1.99. The van der Waals surface area contributed by atoms with Gasteiger partial charge in [-0.15, -0.1) is 0 Å². The lowest BCUT2D eigenvalue weighted by molar-refractivity contribution is -0.124. The molecule has 0 bridgehead atoms. The van der Waals surface area contributed by atoms with E-state index in [0.717, 1.165) is 5.69 Å². The van der Waals surface area contributed by atoms with E-state index in [1.165, 1.54) is 0 Å². The van der Waals surface area contributed by atoms with E-state index in [1.807, 2.05) is 18.2 Å². The van der Waals surface area contributed by atoms with Crippen molar-refractivity contribution in [1.29, 1.82) is 0 Å². The fourth-order valence-electron chi connectivity index (χ4n) is 1.66. The maximum Gasteiger partial charge on any atom is 0.270 e. The van der Waals surface area contributed by atoms with Gasteiger partial charge in [0.25, 0.3) is 5.91 Å². The van der Waals surface area contributed by atoms with Crippen molar-refractivity contribution in [1.82, 2.24) is 15.3 Å². The standard InChI is InChI=1S/C12H14N4O2/c1-16(8-9-4-2-3-7-13-9)12(18)10-5-6-11(17)15-14-10/h2-4,7H,5-6,8H2,1H3,(H,15,17). The molecule has 1 aromatic rings. The Hall–Kier alpha value is -2.24. The lowest BCUT2D eigenvalue weighted by Gasteiger charge is -2.19. The minimum absolute atomic E-state index is 0.154. The maximum atomic E-state index is 12.0. The number of amides is 2. The van der Waals surface area contributed by atoms with E-state index >= 15 is 0 Å². The van der Waals surface area contributed by atoms with Gasteiger partial charge < -0.3 is 4.90 Å². The van der Waals surface area contributed by atoms with Crippen molar-refractivity contribution in [2.75, 3.05) is 7.05 Å². The van der Waals surface area contributed by atoms with Crippen molar-refractivity contribution < 1.29 is 9.59 Å². The Morgan fingerprint density at radius 3 is 2.89 bits per heavy atom. The van der Waals surface area contributed by atoms with Crippen molar-refractivity contribution in [2.24, 2.45) is 5.10 Å². The molecule has 0 radical (unpaired) electrons. The van der Waals surface area contributed by atoms with E-state index in [4.69, 9.17) is 0 Å². The van der Waals surface area contributed by atoms with Crippen molar-refractivity contribution in [3.63, 3.8) is 0 Å². The van der Waals surface area contributed by atoms with E-state index in [0.29, 0.717) is 25.1 Å². The minimum Gasteiger partial charge on any atom is -0.335 e. The van der Waals surface area contributed by atoms with Crippen molar-refractivity contribution in [3.8, 4) is 0 Å². The van der Waals surface area contributed by atoms with Crippen molar-refractivity contribution in [2.45, 2.75) is 19.4 Å². The first-order chi connectivity index (χ1) is 8.66. The summed E-state index contributed by atoms with van der Waals surface area (Å²) in [4.78, 5) is 28.7. The number of hydrogen-bond donors (Lipinski definition) is 1. The van der Waals surface area contributed by atoms with Crippen molar-refractivity contribution in [3.05, 3.63) is 30.1 Å². The van der Waals surface area contributed by atoms with Crippen molar-refractivity contribution >= 4 is 17.5 Å². The highest BCUT2D eigenvalue weighted by molar-refractivity contribution is 6.39. The van der Waals surface area contributed by atoms with Gasteiger partial charge in [0.15, 0.2) is 0 Å². The molecule has 0 fully saturated rings. The number of carbonyl (C=O) groups is 2. The molecule has 0 atom stereocenters. The van der Waals surface area contributed by atoms with Gasteiger partial charge in [0.05, 0.1) is 12.2 Å². The van der Waals surface area contributed by atoms with E-state index in [2.05, 4.69) is 15.5 Å². The van der Waals surface area contributed by atoms with Gasteiger partial charge >= 0.3 is 0 Å². The molecule has 1 N–H and O–H groups in total. The van der Waals surface area contributed by atoms with E-state index in [9.17, 15) is 9.59 Å². The third kappa shape index (κ3) is 2.91. The molecule has 94 valence electrons. The number of pyridine rings is 1. The third-order valence-corrected chi connectivity index (χ3v) is 2.62. The highest BCUT2D eigenvalue weighted by Crippen LogP contribution is 2.05. The van der Waals surface area contributed by atoms with Crippen LogP contribution in [0.25, 0.3) is 0 Å². The number of hydrogen-bond acceptors (Lipinski definition) is 4.